The van der Waals surface area contributed by atoms with E-state index in [0.29, 0.717) is 39.8 Å². The van der Waals surface area contributed by atoms with E-state index in [-0.39, 0.29) is 6.42 Å². The average Bonchev–Trinajstić information content (AvgIpc) is 2.61. The van der Waals surface area contributed by atoms with Crippen molar-refractivity contribution in [1.82, 2.24) is 4.40 Å². The minimum atomic E-state index is -2.80. The lowest BCUT2D eigenvalue weighted by atomic mass is 9.95. The van der Waals surface area contributed by atoms with E-state index in [9.17, 15) is 8.78 Å². The number of terminal acetylenes is 1. The lowest BCUT2D eigenvalue weighted by Gasteiger charge is -2.11. The van der Waals surface area contributed by atoms with Crippen molar-refractivity contribution in [3.63, 3.8) is 0 Å². The van der Waals surface area contributed by atoms with Crippen LogP contribution in [0.2, 0.25) is 0 Å². The van der Waals surface area contributed by atoms with Crippen molar-refractivity contribution in [1.29, 1.82) is 0 Å². The van der Waals surface area contributed by atoms with E-state index in [2.05, 4.69) is 5.92 Å². The summed E-state index contributed by atoms with van der Waals surface area (Å²) in [6, 6.07) is 5.22. The van der Waals surface area contributed by atoms with E-state index < -0.39 is 5.25 Å². The molecule has 88 valence electrons. The molecule has 1 nitrogen and oxygen atoms in total. The number of hydrogen-bond acceptors (Lipinski definition) is 1. The first-order chi connectivity index (χ1) is 8.52. The first kappa shape index (κ1) is 11.7. The Bertz CT molecular complexity index is 684. The maximum Gasteiger partial charge on any atom is 0.299 e. The molecule has 2 aromatic rings. The van der Waals surface area contributed by atoms with Crippen LogP contribution in [0.15, 0.2) is 23.2 Å². The molecule has 0 saturated heterocycles. The number of rotatable bonds is 0. The van der Waals surface area contributed by atoms with E-state index in [1.165, 1.54) is 0 Å². The fraction of sp³-hybridized carbons (Fsp3) is 0.231. The van der Waals surface area contributed by atoms with Crippen LogP contribution in [0.3, 0.4) is 0 Å². The summed E-state index contributed by atoms with van der Waals surface area (Å²) >= 11 is 0.526. The van der Waals surface area contributed by atoms with Crippen molar-refractivity contribution in [2.75, 3.05) is 0 Å². The van der Waals surface area contributed by atoms with Crippen LogP contribution in [-0.4, -0.2) is 17.5 Å². The number of hydrogen-bond donors (Lipinski definition) is 0. The minimum Gasteiger partial charge on any atom is -0.308 e. The summed E-state index contributed by atoms with van der Waals surface area (Å²) in [5.41, 5.74) is 2.55. The van der Waals surface area contributed by atoms with Gasteiger partial charge in [0.15, 0.2) is 0 Å². The van der Waals surface area contributed by atoms with Gasteiger partial charge in [-0.2, -0.15) is 8.78 Å². The van der Waals surface area contributed by atoms with Crippen LogP contribution >= 0.6 is 11.8 Å². The molecule has 18 heavy (non-hydrogen) atoms. The van der Waals surface area contributed by atoms with Gasteiger partial charge in [0, 0.05) is 17.6 Å². The fourth-order valence-electron chi connectivity index (χ4n) is 2.20. The number of pyridine rings is 1. The largest absolute Gasteiger partial charge is 0.308 e. The van der Waals surface area contributed by atoms with E-state index in [4.69, 9.17) is 14.3 Å². The van der Waals surface area contributed by atoms with Gasteiger partial charge in [0.25, 0.3) is 5.25 Å². The van der Waals surface area contributed by atoms with Crippen LogP contribution in [0.5, 0.6) is 0 Å². The van der Waals surface area contributed by atoms with Gasteiger partial charge in [-0.15, -0.1) is 6.42 Å². The Morgan fingerprint density at radius 2 is 2.22 bits per heavy atom. The molecule has 2 radical (unpaired) electrons. The van der Waals surface area contributed by atoms with E-state index in [0.717, 1.165) is 5.69 Å². The number of alkyl halides is 2. The molecule has 1 aliphatic heterocycles. The predicted molar refractivity (Wildman–Crippen MR) is 69.8 cm³/mol. The van der Waals surface area contributed by atoms with Crippen LogP contribution in [-0.2, 0) is 6.42 Å². The average molecular weight is 259 g/mol. The molecule has 0 amide bonds. The third kappa shape index (κ3) is 1.64. The molecule has 0 spiro atoms. The maximum absolute atomic E-state index is 13.7. The number of aryl methyl sites for hydroxylation is 1. The zero-order chi connectivity index (χ0) is 12.9. The van der Waals surface area contributed by atoms with Crippen molar-refractivity contribution in [2.45, 2.75) is 23.1 Å². The number of halogens is 2. The summed E-state index contributed by atoms with van der Waals surface area (Å²) in [6.07, 6.45) is 5.51. The lowest BCUT2D eigenvalue weighted by molar-refractivity contribution is 0.0966. The first-order valence-corrected chi connectivity index (χ1v) is 6.30. The third-order valence-corrected chi connectivity index (χ3v) is 4.17. The monoisotopic (exact) mass is 259 g/mol. The van der Waals surface area contributed by atoms with Crippen LogP contribution in [0, 0.1) is 12.3 Å². The summed E-state index contributed by atoms with van der Waals surface area (Å²) in [4.78, 5) is 0. The molecule has 3 rings (SSSR count). The molecule has 0 unspecified atom stereocenters. The normalized spacial score (nSPS) is 17.4. The molecule has 0 saturated carbocycles. The second-order valence-corrected chi connectivity index (χ2v) is 5.44. The van der Waals surface area contributed by atoms with Gasteiger partial charge in [-0.05, 0) is 30.3 Å². The summed E-state index contributed by atoms with van der Waals surface area (Å²) in [6.45, 7) is 0. The first-order valence-electron chi connectivity index (χ1n) is 5.48. The summed E-state index contributed by atoms with van der Waals surface area (Å²) in [5, 5.41) is -2.38. The van der Waals surface area contributed by atoms with Crippen LogP contribution < -0.4 is 5.46 Å². The summed E-state index contributed by atoms with van der Waals surface area (Å²) in [7, 11) is 5.87. The highest BCUT2D eigenvalue weighted by Gasteiger charge is 2.35. The van der Waals surface area contributed by atoms with Crippen molar-refractivity contribution >= 4 is 30.6 Å². The van der Waals surface area contributed by atoms with Gasteiger partial charge in [-0.25, -0.2) is 0 Å². The molecular weight excluding hydrogens is 251 g/mol. The highest BCUT2D eigenvalue weighted by atomic mass is 32.2. The van der Waals surface area contributed by atoms with Crippen LogP contribution in [0.25, 0.3) is 5.52 Å². The number of nitrogens with zero attached hydrogens (tertiary/aromatic N) is 1. The van der Waals surface area contributed by atoms with E-state index in [1.54, 1.807) is 22.6 Å². The third-order valence-electron chi connectivity index (χ3n) is 3.07. The van der Waals surface area contributed by atoms with Gasteiger partial charge < -0.3 is 4.40 Å². The highest BCUT2D eigenvalue weighted by Crippen LogP contribution is 2.44. The Morgan fingerprint density at radius 1 is 1.44 bits per heavy atom. The second-order valence-electron chi connectivity index (χ2n) is 4.25. The van der Waals surface area contributed by atoms with Gasteiger partial charge in [0.1, 0.15) is 12.9 Å². The molecule has 2 aromatic heterocycles. The fourth-order valence-corrected chi connectivity index (χ4v) is 3.22. The molecule has 3 heterocycles. The Morgan fingerprint density at radius 3 is 2.94 bits per heavy atom. The Labute approximate surface area is 109 Å². The van der Waals surface area contributed by atoms with Gasteiger partial charge in [0.2, 0.25) is 0 Å². The summed E-state index contributed by atoms with van der Waals surface area (Å²) in [5.74, 6) is 2.46. The number of thioether (sulfide) groups is 1. The van der Waals surface area contributed by atoms with E-state index in [1.807, 2.05) is 0 Å². The Kier molecular flexibility index (Phi) is 2.46. The summed E-state index contributed by atoms with van der Waals surface area (Å²) < 4.78 is 29.2. The molecule has 0 aromatic carbocycles. The number of aromatic nitrogens is 1. The quantitative estimate of drug-likeness (QED) is 0.519. The zero-order valence-electron chi connectivity index (χ0n) is 9.41. The maximum atomic E-state index is 13.7. The Hall–Kier alpha value is -1.41. The zero-order valence-corrected chi connectivity index (χ0v) is 10.2. The standard InChI is InChI=1S/C13H8BF2NS/c1-2-8-7-11-10(14)4-3-9-5-6-13(15,16)18-12(8)17(9)11/h1,3-4,7H,5-6H2. The SMILES string of the molecule is [B]c1ccc2n3c(c(C#C)cc13)SC(F)(F)CC2. The predicted octanol–water partition coefficient (Wildman–Crippen LogP) is 2.35. The highest BCUT2D eigenvalue weighted by molar-refractivity contribution is 8.00. The molecule has 0 bridgehead atoms. The molecule has 1 aliphatic rings. The Balaban J connectivity index is 2.39. The molecule has 5 heteroatoms. The topological polar surface area (TPSA) is 4.41 Å². The smallest absolute Gasteiger partial charge is 0.299 e. The van der Waals surface area contributed by atoms with E-state index >= 15 is 0 Å². The molecule has 0 atom stereocenters. The molecular formula is C13H8BF2NS. The minimum absolute atomic E-state index is 0.192. The van der Waals surface area contributed by atoms with Crippen molar-refractivity contribution in [3.8, 4) is 12.3 Å². The second kappa shape index (κ2) is 3.79. The van der Waals surface area contributed by atoms with Gasteiger partial charge >= 0.3 is 0 Å². The van der Waals surface area contributed by atoms with Crippen molar-refractivity contribution < 1.29 is 8.78 Å². The van der Waals surface area contributed by atoms with Crippen LogP contribution in [0.4, 0.5) is 8.78 Å². The molecule has 0 fully saturated rings. The molecule has 0 N–H and O–H groups in total. The van der Waals surface area contributed by atoms with Crippen LogP contribution in [0.1, 0.15) is 17.7 Å². The van der Waals surface area contributed by atoms with Crippen molar-refractivity contribution in [3.05, 3.63) is 29.5 Å². The van der Waals surface area contributed by atoms with Crippen molar-refractivity contribution in [2.24, 2.45) is 0 Å². The van der Waals surface area contributed by atoms with Gasteiger partial charge in [0.05, 0.1) is 5.56 Å². The molecule has 0 aliphatic carbocycles. The lowest BCUT2D eigenvalue weighted by Crippen LogP contribution is -2.10. The van der Waals surface area contributed by atoms with Gasteiger partial charge in [-0.1, -0.05) is 17.4 Å². The van der Waals surface area contributed by atoms with Gasteiger partial charge in [-0.3, -0.25) is 0 Å².